The number of sulfonamides is 1. The SMILES string of the molecule is COCC(C)NS(=O)(=O)c1ccc(NC(=O)/C=C(/c2ccccc2)C(F)(F)F)cc1. The van der Waals surface area contributed by atoms with E-state index in [4.69, 9.17) is 4.74 Å². The van der Waals surface area contributed by atoms with Crippen molar-refractivity contribution in [2.75, 3.05) is 19.0 Å². The fourth-order valence-corrected chi connectivity index (χ4v) is 3.82. The van der Waals surface area contributed by atoms with Crippen LogP contribution in [0.4, 0.5) is 18.9 Å². The Kier molecular flexibility index (Phi) is 7.77. The number of amides is 1. The molecule has 0 fully saturated rings. The van der Waals surface area contributed by atoms with Crippen molar-refractivity contribution in [1.82, 2.24) is 4.72 Å². The number of benzene rings is 2. The normalized spacial score (nSPS) is 13.7. The van der Waals surface area contributed by atoms with Gasteiger partial charge in [-0.05, 0) is 36.8 Å². The zero-order valence-corrected chi connectivity index (χ0v) is 17.0. The molecule has 162 valence electrons. The first-order valence-corrected chi connectivity index (χ1v) is 10.3. The maximum absolute atomic E-state index is 13.3. The maximum atomic E-state index is 13.3. The third-order valence-electron chi connectivity index (χ3n) is 3.87. The van der Waals surface area contributed by atoms with Crippen LogP contribution in [0, 0.1) is 0 Å². The molecule has 2 aromatic rings. The van der Waals surface area contributed by atoms with Gasteiger partial charge < -0.3 is 10.1 Å². The van der Waals surface area contributed by atoms with E-state index in [1.165, 1.54) is 55.6 Å². The topological polar surface area (TPSA) is 84.5 Å². The van der Waals surface area contributed by atoms with Gasteiger partial charge in [-0.1, -0.05) is 30.3 Å². The first-order chi connectivity index (χ1) is 14.0. The molecule has 0 saturated heterocycles. The number of ether oxygens (including phenoxy) is 1. The third-order valence-corrected chi connectivity index (χ3v) is 5.48. The number of nitrogens with one attached hydrogen (secondary N) is 2. The van der Waals surface area contributed by atoms with Crippen LogP contribution in [0.3, 0.4) is 0 Å². The first kappa shape index (κ1) is 23.6. The van der Waals surface area contributed by atoms with Gasteiger partial charge in [0, 0.05) is 24.9 Å². The molecule has 0 radical (unpaired) electrons. The predicted molar refractivity (Wildman–Crippen MR) is 107 cm³/mol. The van der Waals surface area contributed by atoms with Gasteiger partial charge >= 0.3 is 6.18 Å². The monoisotopic (exact) mass is 442 g/mol. The Bertz CT molecular complexity index is 989. The Morgan fingerprint density at radius 1 is 1.10 bits per heavy atom. The van der Waals surface area contributed by atoms with Gasteiger partial charge in [0.1, 0.15) is 0 Å². The number of hydrogen-bond acceptors (Lipinski definition) is 4. The Balaban J connectivity index is 2.16. The van der Waals surface area contributed by atoms with E-state index in [-0.39, 0.29) is 22.8 Å². The van der Waals surface area contributed by atoms with Crippen LogP contribution in [0.2, 0.25) is 0 Å². The summed E-state index contributed by atoms with van der Waals surface area (Å²) in [4.78, 5) is 12.1. The summed E-state index contributed by atoms with van der Waals surface area (Å²) in [5.74, 6) is -0.992. The lowest BCUT2D eigenvalue weighted by Crippen LogP contribution is -2.35. The van der Waals surface area contributed by atoms with Crippen molar-refractivity contribution in [1.29, 1.82) is 0 Å². The zero-order chi connectivity index (χ0) is 22.4. The molecule has 1 atom stereocenters. The summed E-state index contributed by atoms with van der Waals surface area (Å²) in [6.45, 7) is 1.82. The van der Waals surface area contributed by atoms with Crippen LogP contribution in [0.15, 0.2) is 65.6 Å². The molecule has 0 aromatic heterocycles. The Labute approximate surface area is 172 Å². The highest BCUT2D eigenvalue weighted by Gasteiger charge is 2.35. The van der Waals surface area contributed by atoms with Crippen LogP contribution < -0.4 is 10.0 Å². The average Bonchev–Trinajstić information content (AvgIpc) is 2.66. The zero-order valence-electron chi connectivity index (χ0n) is 16.2. The van der Waals surface area contributed by atoms with E-state index in [1.54, 1.807) is 13.0 Å². The van der Waals surface area contributed by atoms with E-state index in [2.05, 4.69) is 10.0 Å². The molecule has 2 rings (SSSR count). The summed E-state index contributed by atoms with van der Waals surface area (Å²) in [7, 11) is -2.36. The summed E-state index contributed by atoms with van der Waals surface area (Å²) in [6.07, 6.45) is -4.25. The van der Waals surface area contributed by atoms with Crippen molar-refractivity contribution in [2.24, 2.45) is 0 Å². The van der Waals surface area contributed by atoms with Gasteiger partial charge in [0.15, 0.2) is 0 Å². The second kappa shape index (κ2) is 9.88. The average molecular weight is 442 g/mol. The van der Waals surface area contributed by atoms with Gasteiger partial charge in [0.25, 0.3) is 0 Å². The van der Waals surface area contributed by atoms with Crippen molar-refractivity contribution in [2.45, 2.75) is 24.0 Å². The molecule has 30 heavy (non-hydrogen) atoms. The van der Waals surface area contributed by atoms with Crippen LogP contribution in [-0.4, -0.2) is 40.3 Å². The molecule has 10 heteroatoms. The minimum atomic E-state index is -4.72. The molecule has 0 heterocycles. The smallest absolute Gasteiger partial charge is 0.383 e. The summed E-state index contributed by atoms with van der Waals surface area (Å²) in [5.41, 5.74) is -1.08. The molecule has 0 aliphatic rings. The molecule has 2 N–H and O–H groups in total. The largest absolute Gasteiger partial charge is 0.417 e. The van der Waals surface area contributed by atoms with Crippen LogP contribution in [0.25, 0.3) is 5.57 Å². The predicted octanol–water partition coefficient (Wildman–Crippen LogP) is 3.58. The van der Waals surface area contributed by atoms with E-state index < -0.39 is 33.7 Å². The quantitative estimate of drug-likeness (QED) is 0.612. The molecule has 2 aromatic carbocycles. The maximum Gasteiger partial charge on any atom is 0.417 e. The van der Waals surface area contributed by atoms with Crippen LogP contribution in [0.5, 0.6) is 0 Å². The number of methoxy groups -OCH3 is 1. The Morgan fingerprint density at radius 3 is 2.23 bits per heavy atom. The highest BCUT2D eigenvalue weighted by Crippen LogP contribution is 2.33. The number of halogens is 3. The van der Waals surface area contributed by atoms with Crippen molar-refractivity contribution in [3.05, 3.63) is 66.2 Å². The fourth-order valence-electron chi connectivity index (χ4n) is 2.59. The lowest BCUT2D eigenvalue weighted by molar-refractivity contribution is -0.112. The Morgan fingerprint density at radius 2 is 1.70 bits per heavy atom. The fraction of sp³-hybridized carbons (Fsp3) is 0.250. The number of allylic oxidation sites excluding steroid dienone is 1. The van der Waals surface area contributed by atoms with Crippen LogP contribution in [-0.2, 0) is 19.6 Å². The number of alkyl halides is 3. The van der Waals surface area contributed by atoms with E-state index in [0.29, 0.717) is 6.08 Å². The minimum Gasteiger partial charge on any atom is -0.383 e. The van der Waals surface area contributed by atoms with Crippen molar-refractivity contribution >= 4 is 27.2 Å². The molecule has 0 saturated carbocycles. The number of carbonyl (C=O) groups is 1. The van der Waals surface area contributed by atoms with E-state index in [1.807, 2.05) is 0 Å². The number of rotatable bonds is 8. The standard InChI is InChI=1S/C20H21F3N2O4S/c1-14(13-29-2)25-30(27,28)17-10-8-16(9-11-17)24-19(26)12-18(20(21,22)23)15-6-4-3-5-7-15/h3-12,14,25H,13H2,1-2H3,(H,24,26)/b18-12-. The highest BCUT2D eigenvalue weighted by atomic mass is 32.2. The molecular formula is C20H21F3N2O4S. The van der Waals surface area contributed by atoms with Gasteiger partial charge in [-0.25, -0.2) is 13.1 Å². The molecular weight excluding hydrogens is 421 g/mol. The second-order valence-corrected chi connectivity index (χ2v) is 8.13. The van der Waals surface area contributed by atoms with Crippen molar-refractivity contribution < 1.29 is 31.1 Å². The lowest BCUT2D eigenvalue weighted by atomic mass is 10.1. The van der Waals surface area contributed by atoms with E-state index in [9.17, 15) is 26.4 Å². The highest BCUT2D eigenvalue weighted by molar-refractivity contribution is 7.89. The lowest BCUT2D eigenvalue weighted by Gasteiger charge is -2.14. The third kappa shape index (κ3) is 6.68. The molecule has 0 spiro atoms. The molecule has 0 bridgehead atoms. The van der Waals surface area contributed by atoms with E-state index in [0.717, 1.165) is 0 Å². The molecule has 1 amide bonds. The van der Waals surface area contributed by atoms with Crippen molar-refractivity contribution in [3.63, 3.8) is 0 Å². The molecule has 1 unspecified atom stereocenters. The molecule has 6 nitrogen and oxygen atoms in total. The van der Waals surface area contributed by atoms with Gasteiger partial charge in [0.2, 0.25) is 15.9 Å². The minimum absolute atomic E-state index is 0.0562. The number of hydrogen-bond donors (Lipinski definition) is 2. The summed E-state index contributed by atoms with van der Waals surface area (Å²) in [5, 5.41) is 2.30. The molecule has 0 aliphatic carbocycles. The van der Waals surface area contributed by atoms with Gasteiger partial charge in [-0.2, -0.15) is 13.2 Å². The summed E-state index contributed by atoms with van der Waals surface area (Å²) >= 11 is 0. The van der Waals surface area contributed by atoms with Crippen LogP contribution >= 0.6 is 0 Å². The summed E-state index contributed by atoms with van der Waals surface area (Å²) < 4.78 is 71.8. The van der Waals surface area contributed by atoms with Crippen molar-refractivity contribution in [3.8, 4) is 0 Å². The molecule has 0 aliphatic heterocycles. The number of anilines is 1. The second-order valence-electron chi connectivity index (χ2n) is 6.41. The van der Waals surface area contributed by atoms with Crippen LogP contribution in [0.1, 0.15) is 12.5 Å². The summed E-state index contributed by atoms with van der Waals surface area (Å²) in [6, 6.07) is 11.6. The van der Waals surface area contributed by atoms with Gasteiger partial charge in [-0.3, -0.25) is 4.79 Å². The first-order valence-electron chi connectivity index (χ1n) is 8.79. The van der Waals surface area contributed by atoms with Gasteiger partial charge in [-0.15, -0.1) is 0 Å². The van der Waals surface area contributed by atoms with E-state index >= 15 is 0 Å². The Hall–Kier alpha value is -2.69. The number of carbonyl (C=O) groups excluding carboxylic acids is 1. The van der Waals surface area contributed by atoms with Gasteiger partial charge in [0.05, 0.1) is 17.1 Å².